The van der Waals surface area contributed by atoms with Crippen molar-refractivity contribution in [3.8, 4) is 11.5 Å². The van der Waals surface area contributed by atoms with Crippen molar-refractivity contribution in [1.82, 2.24) is 5.32 Å². The SMILES string of the molecule is COc1cc(C(=O)NC2CCCCC2)cc(OC)c1C. The highest BCUT2D eigenvalue weighted by Crippen LogP contribution is 2.29. The van der Waals surface area contributed by atoms with Crippen LogP contribution in [0.5, 0.6) is 11.5 Å². The van der Waals surface area contributed by atoms with Gasteiger partial charge >= 0.3 is 0 Å². The van der Waals surface area contributed by atoms with Crippen LogP contribution in [0.3, 0.4) is 0 Å². The number of methoxy groups -OCH3 is 2. The lowest BCUT2D eigenvalue weighted by Crippen LogP contribution is -2.36. The Hall–Kier alpha value is -1.71. The number of hydrogen-bond acceptors (Lipinski definition) is 3. The second kappa shape index (κ2) is 6.64. The van der Waals surface area contributed by atoms with Crippen LogP contribution in [0, 0.1) is 6.92 Å². The van der Waals surface area contributed by atoms with E-state index in [-0.39, 0.29) is 5.91 Å². The molecule has 20 heavy (non-hydrogen) atoms. The fourth-order valence-corrected chi connectivity index (χ4v) is 2.73. The van der Waals surface area contributed by atoms with Gasteiger partial charge in [-0.15, -0.1) is 0 Å². The molecule has 110 valence electrons. The van der Waals surface area contributed by atoms with Crippen LogP contribution >= 0.6 is 0 Å². The van der Waals surface area contributed by atoms with E-state index in [1.807, 2.05) is 6.92 Å². The average molecular weight is 277 g/mol. The predicted molar refractivity (Wildman–Crippen MR) is 78.6 cm³/mol. The standard InChI is InChI=1S/C16H23NO3/c1-11-14(19-2)9-12(10-15(11)20-3)16(18)17-13-7-5-4-6-8-13/h9-10,13H,4-8H2,1-3H3,(H,17,18). The minimum Gasteiger partial charge on any atom is -0.496 e. The zero-order chi connectivity index (χ0) is 14.5. The Morgan fingerprint density at radius 2 is 1.65 bits per heavy atom. The van der Waals surface area contributed by atoms with Crippen LogP contribution in [-0.4, -0.2) is 26.2 Å². The monoisotopic (exact) mass is 277 g/mol. The quantitative estimate of drug-likeness (QED) is 0.920. The van der Waals surface area contributed by atoms with Gasteiger partial charge in [-0.2, -0.15) is 0 Å². The Labute approximate surface area is 120 Å². The molecule has 1 saturated carbocycles. The summed E-state index contributed by atoms with van der Waals surface area (Å²) in [5, 5.41) is 3.11. The highest BCUT2D eigenvalue weighted by atomic mass is 16.5. The number of ether oxygens (including phenoxy) is 2. The van der Waals surface area contributed by atoms with Crippen LogP contribution < -0.4 is 14.8 Å². The predicted octanol–water partition coefficient (Wildman–Crippen LogP) is 3.07. The molecular weight excluding hydrogens is 254 g/mol. The second-order valence-corrected chi connectivity index (χ2v) is 5.31. The van der Waals surface area contributed by atoms with Crippen molar-refractivity contribution in [3.05, 3.63) is 23.3 Å². The summed E-state index contributed by atoms with van der Waals surface area (Å²) in [4.78, 5) is 12.3. The Balaban J connectivity index is 2.16. The maximum atomic E-state index is 12.3. The summed E-state index contributed by atoms with van der Waals surface area (Å²) in [6.07, 6.45) is 5.83. The lowest BCUT2D eigenvalue weighted by molar-refractivity contribution is 0.0927. The number of rotatable bonds is 4. The van der Waals surface area contributed by atoms with E-state index in [0.29, 0.717) is 23.1 Å². The van der Waals surface area contributed by atoms with E-state index in [1.165, 1.54) is 19.3 Å². The molecule has 0 spiro atoms. The molecule has 0 heterocycles. The normalized spacial score (nSPS) is 15.8. The molecule has 1 amide bonds. The van der Waals surface area contributed by atoms with E-state index in [1.54, 1.807) is 26.4 Å². The molecule has 4 heteroatoms. The number of benzene rings is 1. The largest absolute Gasteiger partial charge is 0.496 e. The van der Waals surface area contributed by atoms with Gasteiger partial charge in [-0.05, 0) is 31.9 Å². The highest BCUT2D eigenvalue weighted by molar-refractivity contribution is 5.95. The molecule has 1 fully saturated rings. The fourth-order valence-electron chi connectivity index (χ4n) is 2.73. The van der Waals surface area contributed by atoms with Crippen molar-refractivity contribution >= 4 is 5.91 Å². The first-order valence-electron chi connectivity index (χ1n) is 7.19. The van der Waals surface area contributed by atoms with Crippen LogP contribution in [0.1, 0.15) is 48.0 Å². The van der Waals surface area contributed by atoms with Gasteiger partial charge in [0, 0.05) is 17.2 Å². The van der Waals surface area contributed by atoms with Gasteiger partial charge in [-0.25, -0.2) is 0 Å². The van der Waals surface area contributed by atoms with Gasteiger partial charge in [0.2, 0.25) is 0 Å². The van der Waals surface area contributed by atoms with Gasteiger partial charge in [-0.3, -0.25) is 4.79 Å². The maximum absolute atomic E-state index is 12.3. The Bertz CT molecular complexity index is 454. The Morgan fingerprint density at radius 3 is 2.15 bits per heavy atom. The van der Waals surface area contributed by atoms with E-state index < -0.39 is 0 Å². The highest BCUT2D eigenvalue weighted by Gasteiger charge is 2.18. The molecule has 0 bridgehead atoms. The van der Waals surface area contributed by atoms with Crippen molar-refractivity contribution in [2.45, 2.75) is 45.1 Å². The van der Waals surface area contributed by atoms with Crippen LogP contribution in [0.25, 0.3) is 0 Å². The molecule has 1 aliphatic carbocycles. The minimum atomic E-state index is -0.0477. The number of carbonyl (C=O) groups excluding carboxylic acids is 1. The van der Waals surface area contributed by atoms with Crippen molar-refractivity contribution in [1.29, 1.82) is 0 Å². The third-order valence-corrected chi connectivity index (χ3v) is 3.95. The number of hydrogen-bond donors (Lipinski definition) is 1. The van der Waals surface area contributed by atoms with Crippen molar-refractivity contribution in [2.75, 3.05) is 14.2 Å². The number of carbonyl (C=O) groups is 1. The van der Waals surface area contributed by atoms with Gasteiger partial charge in [0.05, 0.1) is 14.2 Å². The van der Waals surface area contributed by atoms with Crippen molar-refractivity contribution < 1.29 is 14.3 Å². The van der Waals surface area contributed by atoms with E-state index >= 15 is 0 Å². The lowest BCUT2D eigenvalue weighted by atomic mass is 9.95. The fraction of sp³-hybridized carbons (Fsp3) is 0.562. The molecular formula is C16H23NO3. The Morgan fingerprint density at radius 1 is 1.10 bits per heavy atom. The Kier molecular flexibility index (Phi) is 4.88. The summed E-state index contributed by atoms with van der Waals surface area (Å²) in [6.45, 7) is 1.92. The minimum absolute atomic E-state index is 0.0477. The molecule has 1 aromatic carbocycles. The van der Waals surface area contributed by atoms with E-state index in [4.69, 9.17) is 9.47 Å². The van der Waals surface area contributed by atoms with E-state index in [2.05, 4.69) is 5.32 Å². The summed E-state index contributed by atoms with van der Waals surface area (Å²) < 4.78 is 10.6. The number of amides is 1. The first kappa shape index (κ1) is 14.7. The van der Waals surface area contributed by atoms with Crippen LogP contribution in [0.2, 0.25) is 0 Å². The molecule has 4 nitrogen and oxygen atoms in total. The zero-order valence-corrected chi connectivity index (χ0v) is 12.5. The van der Waals surface area contributed by atoms with Gasteiger partial charge in [0.15, 0.2) is 0 Å². The number of nitrogens with one attached hydrogen (secondary N) is 1. The molecule has 1 aromatic rings. The van der Waals surface area contributed by atoms with Gasteiger partial charge < -0.3 is 14.8 Å². The van der Waals surface area contributed by atoms with Crippen LogP contribution in [0.4, 0.5) is 0 Å². The first-order valence-corrected chi connectivity index (χ1v) is 7.19. The van der Waals surface area contributed by atoms with Gasteiger partial charge in [0.1, 0.15) is 11.5 Å². The molecule has 0 radical (unpaired) electrons. The van der Waals surface area contributed by atoms with Crippen molar-refractivity contribution in [2.24, 2.45) is 0 Å². The summed E-state index contributed by atoms with van der Waals surface area (Å²) in [5.41, 5.74) is 1.50. The smallest absolute Gasteiger partial charge is 0.251 e. The summed E-state index contributed by atoms with van der Waals surface area (Å²) >= 11 is 0. The molecule has 2 rings (SSSR count). The third kappa shape index (κ3) is 3.24. The second-order valence-electron chi connectivity index (χ2n) is 5.31. The molecule has 0 aromatic heterocycles. The van der Waals surface area contributed by atoms with Crippen molar-refractivity contribution in [3.63, 3.8) is 0 Å². The van der Waals surface area contributed by atoms with Gasteiger partial charge in [0.25, 0.3) is 5.91 Å². The maximum Gasteiger partial charge on any atom is 0.251 e. The first-order chi connectivity index (χ1) is 9.65. The molecule has 1 aliphatic rings. The molecule has 0 saturated heterocycles. The lowest BCUT2D eigenvalue weighted by Gasteiger charge is -2.23. The third-order valence-electron chi connectivity index (χ3n) is 3.95. The summed E-state index contributed by atoms with van der Waals surface area (Å²) in [6, 6.07) is 3.85. The molecule has 0 atom stereocenters. The van der Waals surface area contributed by atoms with Gasteiger partial charge in [-0.1, -0.05) is 19.3 Å². The molecule has 1 N–H and O–H groups in total. The van der Waals surface area contributed by atoms with Crippen LogP contribution in [0.15, 0.2) is 12.1 Å². The molecule has 0 unspecified atom stereocenters. The summed E-state index contributed by atoms with van der Waals surface area (Å²) in [5.74, 6) is 1.31. The average Bonchev–Trinajstić information content (AvgIpc) is 2.48. The summed E-state index contributed by atoms with van der Waals surface area (Å²) in [7, 11) is 3.20. The van der Waals surface area contributed by atoms with E-state index in [9.17, 15) is 4.79 Å². The van der Waals surface area contributed by atoms with Crippen LogP contribution in [-0.2, 0) is 0 Å². The zero-order valence-electron chi connectivity index (χ0n) is 12.5. The molecule has 0 aliphatic heterocycles. The van der Waals surface area contributed by atoms with E-state index in [0.717, 1.165) is 18.4 Å². The topological polar surface area (TPSA) is 47.6 Å².